The maximum absolute atomic E-state index is 12.8. The van der Waals surface area contributed by atoms with Crippen molar-refractivity contribution >= 4 is 23.0 Å². The zero-order chi connectivity index (χ0) is 24.8. The highest BCUT2D eigenvalue weighted by atomic mass is 16.2. The van der Waals surface area contributed by atoms with Crippen molar-refractivity contribution in [3.8, 4) is 0 Å². The van der Waals surface area contributed by atoms with E-state index in [1.165, 1.54) is 4.57 Å². The first-order valence-electron chi connectivity index (χ1n) is 12.5. The predicted octanol–water partition coefficient (Wildman–Crippen LogP) is 1.70. The van der Waals surface area contributed by atoms with Crippen LogP contribution >= 0.6 is 0 Å². The number of carbonyl (C=O) groups excluding carboxylic acids is 2. The lowest BCUT2D eigenvalue weighted by Gasteiger charge is -2.34. The van der Waals surface area contributed by atoms with Crippen LogP contribution in [0, 0.1) is 5.92 Å². The topological polar surface area (TPSA) is 102 Å². The summed E-state index contributed by atoms with van der Waals surface area (Å²) in [4.78, 5) is 44.7. The lowest BCUT2D eigenvalue weighted by atomic mass is 10.0. The molecule has 1 aromatic heterocycles. The summed E-state index contributed by atoms with van der Waals surface area (Å²) in [6, 6.07) is 5.57. The number of benzene rings is 1. The SMILES string of the molecule is CC(C)NC(=O)CN1CCN(CCc2ccc3[nH]c(=O)n(C(=O)NCC4C=CC=CC4)c3c2)CC1. The van der Waals surface area contributed by atoms with E-state index in [4.69, 9.17) is 0 Å². The summed E-state index contributed by atoms with van der Waals surface area (Å²) >= 11 is 0. The quantitative estimate of drug-likeness (QED) is 0.534. The average molecular weight is 481 g/mol. The lowest BCUT2D eigenvalue weighted by molar-refractivity contribution is -0.123. The zero-order valence-corrected chi connectivity index (χ0v) is 20.6. The summed E-state index contributed by atoms with van der Waals surface area (Å²) in [5, 5.41) is 5.84. The number of aromatic nitrogens is 2. The lowest BCUT2D eigenvalue weighted by Crippen LogP contribution is -2.50. The van der Waals surface area contributed by atoms with E-state index >= 15 is 0 Å². The van der Waals surface area contributed by atoms with Crippen LogP contribution in [-0.4, -0.2) is 83.1 Å². The van der Waals surface area contributed by atoms with Crippen LogP contribution in [0.1, 0.15) is 25.8 Å². The van der Waals surface area contributed by atoms with Gasteiger partial charge in [0.2, 0.25) is 5.91 Å². The molecule has 35 heavy (non-hydrogen) atoms. The van der Waals surface area contributed by atoms with Crippen molar-refractivity contribution in [2.45, 2.75) is 32.7 Å². The Labute approximate surface area is 205 Å². The molecule has 1 aliphatic heterocycles. The third-order valence-corrected chi connectivity index (χ3v) is 6.53. The van der Waals surface area contributed by atoms with Crippen molar-refractivity contribution in [2.75, 3.05) is 45.8 Å². The fourth-order valence-electron chi connectivity index (χ4n) is 4.62. The first-order valence-corrected chi connectivity index (χ1v) is 12.5. The maximum Gasteiger partial charge on any atom is 0.334 e. The Hall–Kier alpha value is -3.17. The Morgan fingerprint density at radius 2 is 1.89 bits per heavy atom. The largest absolute Gasteiger partial charge is 0.353 e. The number of piperazine rings is 1. The van der Waals surface area contributed by atoms with E-state index in [1.807, 2.05) is 44.2 Å². The van der Waals surface area contributed by atoms with E-state index < -0.39 is 11.7 Å². The van der Waals surface area contributed by atoms with Crippen LogP contribution < -0.4 is 16.3 Å². The number of hydrogen-bond acceptors (Lipinski definition) is 5. The Kier molecular flexibility index (Phi) is 8.20. The minimum atomic E-state index is -0.425. The molecule has 1 saturated heterocycles. The molecule has 188 valence electrons. The molecule has 0 bridgehead atoms. The molecule has 9 heteroatoms. The van der Waals surface area contributed by atoms with Gasteiger partial charge in [0.15, 0.2) is 0 Å². The molecule has 1 unspecified atom stereocenters. The predicted molar refractivity (Wildman–Crippen MR) is 138 cm³/mol. The molecule has 0 spiro atoms. The van der Waals surface area contributed by atoms with Crippen LogP contribution in [-0.2, 0) is 11.2 Å². The van der Waals surface area contributed by atoms with E-state index in [9.17, 15) is 14.4 Å². The van der Waals surface area contributed by atoms with Crippen molar-refractivity contribution in [3.05, 3.63) is 58.6 Å². The minimum Gasteiger partial charge on any atom is -0.353 e. The summed E-state index contributed by atoms with van der Waals surface area (Å²) in [5.41, 5.74) is 1.91. The number of aromatic amines is 1. The molecule has 1 fully saturated rings. The van der Waals surface area contributed by atoms with Crippen molar-refractivity contribution in [1.82, 2.24) is 30.0 Å². The van der Waals surface area contributed by atoms with E-state index in [2.05, 4.69) is 37.6 Å². The van der Waals surface area contributed by atoms with Gasteiger partial charge in [-0.1, -0.05) is 30.4 Å². The zero-order valence-electron chi connectivity index (χ0n) is 20.6. The number of imidazole rings is 1. The van der Waals surface area contributed by atoms with Crippen LogP contribution in [0.3, 0.4) is 0 Å². The highest BCUT2D eigenvalue weighted by Crippen LogP contribution is 2.15. The summed E-state index contributed by atoms with van der Waals surface area (Å²) < 4.78 is 1.20. The standard InChI is InChI=1S/C26H36N6O3/c1-19(2)28-24(33)18-31-14-12-30(13-15-31)11-10-20-8-9-22-23(16-20)32(26(35)29-22)25(34)27-17-21-6-4-3-5-7-21/h3-6,8-9,16,19,21H,7,10-15,17-18H2,1-2H3,(H,27,34)(H,28,33)(H,29,35). The molecule has 2 aromatic rings. The number of H-pyrrole nitrogens is 1. The molecule has 9 nitrogen and oxygen atoms in total. The molecule has 2 amide bonds. The molecule has 0 radical (unpaired) electrons. The van der Waals surface area contributed by atoms with E-state index in [-0.39, 0.29) is 17.9 Å². The second-order valence-corrected chi connectivity index (χ2v) is 9.70. The smallest absolute Gasteiger partial charge is 0.334 e. The number of allylic oxidation sites excluding steroid dienone is 3. The summed E-state index contributed by atoms with van der Waals surface area (Å²) in [6.07, 6.45) is 9.82. The third kappa shape index (κ3) is 6.70. The van der Waals surface area contributed by atoms with Gasteiger partial charge in [0.25, 0.3) is 0 Å². The van der Waals surface area contributed by atoms with Gasteiger partial charge in [-0.2, -0.15) is 0 Å². The van der Waals surface area contributed by atoms with Gasteiger partial charge in [-0.15, -0.1) is 0 Å². The van der Waals surface area contributed by atoms with Gasteiger partial charge in [0, 0.05) is 45.3 Å². The number of rotatable bonds is 8. The van der Waals surface area contributed by atoms with Crippen LogP contribution in [0.15, 0.2) is 47.3 Å². The third-order valence-electron chi connectivity index (χ3n) is 6.53. The molecule has 1 aliphatic carbocycles. The van der Waals surface area contributed by atoms with E-state index in [1.54, 1.807) is 0 Å². The molecule has 2 heterocycles. The monoisotopic (exact) mass is 480 g/mol. The van der Waals surface area contributed by atoms with Gasteiger partial charge in [-0.05, 0) is 50.3 Å². The first-order chi connectivity index (χ1) is 16.9. The second kappa shape index (κ2) is 11.5. The van der Waals surface area contributed by atoms with Crippen molar-refractivity contribution in [3.63, 3.8) is 0 Å². The van der Waals surface area contributed by atoms with Crippen LogP contribution in [0.5, 0.6) is 0 Å². The fraction of sp³-hybridized carbons (Fsp3) is 0.500. The Morgan fingerprint density at radius 1 is 1.11 bits per heavy atom. The molecule has 4 rings (SSSR count). The molecule has 3 N–H and O–H groups in total. The number of carbonyl (C=O) groups is 2. The number of amides is 2. The molecule has 1 aromatic carbocycles. The molecule has 1 atom stereocenters. The first kappa shape index (κ1) is 24.9. The number of hydrogen-bond donors (Lipinski definition) is 3. The number of nitrogens with one attached hydrogen (secondary N) is 3. The maximum atomic E-state index is 12.8. The second-order valence-electron chi connectivity index (χ2n) is 9.70. The summed E-state index contributed by atoms with van der Waals surface area (Å²) in [6.45, 7) is 9.34. The van der Waals surface area contributed by atoms with Crippen molar-refractivity contribution in [2.24, 2.45) is 5.92 Å². The molecular weight excluding hydrogens is 444 g/mol. The van der Waals surface area contributed by atoms with Crippen LogP contribution in [0.25, 0.3) is 11.0 Å². The Balaban J connectivity index is 1.31. The van der Waals surface area contributed by atoms with Gasteiger partial charge in [0.05, 0.1) is 17.6 Å². The summed E-state index contributed by atoms with van der Waals surface area (Å²) in [5.74, 6) is 0.320. The minimum absolute atomic E-state index is 0.0791. The number of fused-ring (bicyclic) bond motifs is 1. The molecular formula is C26H36N6O3. The van der Waals surface area contributed by atoms with E-state index in [0.29, 0.717) is 24.1 Å². The molecule has 0 saturated carbocycles. The van der Waals surface area contributed by atoms with Gasteiger partial charge in [-0.25, -0.2) is 14.2 Å². The average Bonchev–Trinajstić information content (AvgIpc) is 3.17. The van der Waals surface area contributed by atoms with Gasteiger partial charge < -0.3 is 20.5 Å². The number of nitrogens with zero attached hydrogens (tertiary/aromatic N) is 3. The normalized spacial score (nSPS) is 18.9. The highest BCUT2D eigenvalue weighted by Gasteiger charge is 2.20. The van der Waals surface area contributed by atoms with Gasteiger partial charge in [-0.3, -0.25) is 9.69 Å². The summed E-state index contributed by atoms with van der Waals surface area (Å²) in [7, 11) is 0. The van der Waals surface area contributed by atoms with Gasteiger partial charge in [0.1, 0.15) is 0 Å². The van der Waals surface area contributed by atoms with Crippen molar-refractivity contribution in [1.29, 1.82) is 0 Å². The van der Waals surface area contributed by atoms with Gasteiger partial charge >= 0.3 is 11.7 Å². The van der Waals surface area contributed by atoms with Crippen LogP contribution in [0.2, 0.25) is 0 Å². The van der Waals surface area contributed by atoms with Crippen LogP contribution in [0.4, 0.5) is 4.79 Å². The molecule has 2 aliphatic rings. The highest BCUT2D eigenvalue weighted by molar-refractivity contribution is 5.89. The fourth-order valence-corrected chi connectivity index (χ4v) is 4.62. The van der Waals surface area contributed by atoms with Crippen molar-refractivity contribution < 1.29 is 9.59 Å². The van der Waals surface area contributed by atoms with E-state index in [0.717, 1.165) is 51.1 Å². The Morgan fingerprint density at radius 3 is 2.60 bits per heavy atom. The Bertz CT molecular complexity index is 1150.